The minimum atomic E-state index is 0. The summed E-state index contributed by atoms with van der Waals surface area (Å²) in [7, 11) is 0. The van der Waals surface area contributed by atoms with Crippen molar-refractivity contribution in [3.8, 4) is 34.1 Å². The Morgan fingerprint density at radius 1 is 0.755 bits per heavy atom. The largest absolute Gasteiger partial charge is 2.00 e. The fraction of sp³-hybridized carbons (Fsp3) is 0.319. The molecule has 0 N–H and O–H groups in total. The van der Waals surface area contributed by atoms with Crippen LogP contribution >= 0.6 is 0 Å². The molecule has 7 rings (SSSR count). The maximum absolute atomic E-state index is 6.48. The zero-order valence-electron chi connectivity index (χ0n) is 32.1. The van der Waals surface area contributed by atoms with Crippen molar-refractivity contribution in [2.24, 2.45) is 11.8 Å². The standard InChI is InChI=1S/C47H50N4O.Pt/c1-8-12-35-23-24-48-46(26-35)51-44-16-10-9-15-42(44)43-22-19-39(28-45(43)51)52-38-14-11-13-37(27-38)50-30-36(29-49-50)47-40(20-17-31(2)3)33(6)25-34(7)41(47)21-18-32(4)5;/h9-11,13-16,19,22-26,29-32H,8,12,17-18,20-21H2,1-7H3;/q-2;+2. The third-order valence-electron chi connectivity index (χ3n) is 10.2. The van der Waals surface area contributed by atoms with Gasteiger partial charge >= 0.3 is 21.1 Å². The van der Waals surface area contributed by atoms with E-state index in [1.54, 1.807) is 0 Å². The molecule has 0 unspecified atom stereocenters. The summed E-state index contributed by atoms with van der Waals surface area (Å²) in [5.41, 5.74) is 12.3. The number of ether oxygens (including phenoxy) is 1. The van der Waals surface area contributed by atoms with Crippen molar-refractivity contribution in [3.05, 3.63) is 131 Å². The Bertz CT molecular complexity index is 2310. The Morgan fingerprint density at radius 2 is 1.47 bits per heavy atom. The maximum atomic E-state index is 6.48. The second-order valence-corrected chi connectivity index (χ2v) is 15.1. The SMILES string of the molecule is CCCc1ccnc(-n2c3[c-]c(Oc4[c-]c(-n5cc(-c6c(CCC(C)C)c(C)cc(C)c6CCC(C)C)cn5)ccc4)ccc3c3ccccc32)c1.[Pt+2]. The first-order chi connectivity index (χ1) is 25.2. The van der Waals surface area contributed by atoms with Crippen LogP contribution < -0.4 is 4.74 Å². The predicted octanol–water partition coefficient (Wildman–Crippen LogP) is 12.2. The molecular formula is C47H50N4OPt. The van der Waals surface area contributed by atoms with Gasteiger partial charge in [0.05, 0.1) is 6.20 Å². The topological polar surface area (TPSA) is 44.9 Å². The molecule has 0 spiro atoms. The fourth-order valence-corrected chi connectivity index (χ4v) is 7.46. The number of fused-ring (bicyclic) bond motifs is 3. The van der Waals surface area contributed by atoms with Gasteiger partial charge in [0.25, 0.3) is 0 Å². The molecule has 0 aliphatic carbocycles. The van der Waals surface area contributed by atoms with Gasteiger partial charge < -0.3 is 9.30 Å². The second kappa shape index (κ2) is 16.7. The summed E-state index contributed by atoms with van der Waals surface area (Å²) >= 11 is 0. The molecule has 0 saturated heterocycles. The molecule has 0 saturated carbocycles. The zero-order valence-corrected chi connectivity index (χ0v) is 34.3. The van der Waals surface area contributed by atoms with Crippen LogP contribution in [0.5, 0.6) is 11.5 Å². The normalized spacial score (nSPS) is 11.6. The molecule has 4 aromatic carbocycles. The van der Waals surface area contributed by atoms with E-state index in [9.17, 15) is 0 Å². The minimum absolute atomic E-state index is 0. The molecule has 0 radical (unpaired) electrons. The smallest absolute Gasteiger partial charge is 0.509 e. The van der Waals surface area contributed by atoms with Crippen molar-refractivity contribution in [2.75, 3.05) is 0 Å². The van der Waals surface area contributed by atoms with E-state index in [2.05, 4.69) is 120 Å². The van der Waals surface area contributed by atoms with Gasteiger partial charge in [0.1, 0.15) is 5.82 Å². The van der Waals surface area contributed by atoms with Crippen LogP contribution in [0.4, 0.5) is 0 Å². The van der Waals surface area contributed by atoms with E-state index in [0.29, 0.717) is 23.3 Å². The van der Waals surface area contributed by atoms with E-state index in [1.165, 1.54) is 33.4 Å². The molecule has 7 aromatic rings. The van der Waals surface area contributed by atoms with Crippen LogP contribution in [0.3, 0.4) is 0 Å². The van der Waals surface area contributed by atoms with Gasteiger partial charge in [-0.05, 0) is 120 Å². The Kier molecular flexibility index (Phi) is 12.0. The summed E-state index contributed by atoms with van der Waals surface area (Å²) in [6.45, 7) is 16.0. The van der Waals surface area contributed by atoms with E-state index >= 15 is 0 Å². The van der Waals surface area contributed by atoms with E-state index < -0.39 is 0 Å². The molecule has 3 aromatic heterocycles. The Hall–Kier alpha value is -4.47. The van der Waals surface area contributed by atoms with Gasteiger partial charge in [-0.2, -0.15) is 17.2 Å². The van der Waals surface area contributed by atoms with Gasteiger partial charge in [-0.3, -0.25) is 4.68 Å². The van der Waals surface area contributed by atoms with Gasteiger partial charge in [0, 0.05) is 35.0 Å². The average molecular weight is 882 g/mol. The van der Waals surface area contributed by atoms with Crippen LogP contribution in [0.2, 0.25) is 0 Å². The second-order valence-electron chi connectivity index (χ2n) is 15.1. The Balaban J connectivity index is 0.00000481. The number of rotatable bonds is 13. The van der Waals surface area contributed by atoms with Crippen molar-refractivity contribution in [2.45, 2.75) is 87.0 Å². The Morgan fingerprint density at radius 3 is 2.19 bits per heavy atom. The molecule has 0 atom stereocenters. The molecule has 0 aliphatic heterocycles. The van der Waals surface area contributed by atoms with Crippen LogP contribution in [0, 0.1) is 37.8 Å². The van der Waals surface area contributed by atoms with Crippen molar-refractivity contribution in [3.63, 3.8) is 0 Å². The third kappa shape index (κ3) is 8.21. The zero-order chi connectivity index (χ0) is 36.4. The van der Waals surface area contributed by atoms with E-state index in [1.807, 2.05) is 41.3 Å². The molecule has 0 amide bonds. The number of nitrogens with zero attached hydrogens (tertiary/aromatic N) is 4. The van der Waals surface area contributed by atoms with E-state index in [0.717, 1.165) is 77.4 Å². The van der Waals surface area contributed by atoms with Crippen molar-refractivity contribution >= 4 is 21.8 Å². The first kappa shape index (κ1) is 38.3. The minimum Gasteiger partial charge on any atom is -0.509 e. The van der Waals surface area contributed by atoms with E-state index in [-0.39, 0.29) is 21.1 Å². The number of hydrogen-bond donors (Lipinski definition) is 0. The number of aryl methyl sites for hydroxylation is 3. The Labute approximate surface area is 329 Å². The molecule has 6 heteroatoms. The monoisotopic (exact) mass is 881 g/mol. The summed E-state index contributed by atoms with van der Waals surface area (Å²) in [6, 6.07) is 32.3. The quantitative estimate of drug-likeness (QED) is 0.108. The average Bonchev–Trinajstić information content (AvgIpc) is 3.74. The first-order valence-corrected chi connectivity index (χ1v) is 19.0. The van der Waals surface area contributed by atoms with Crippen LogP contribution in [0.25, 0.3) is 44.4 Å². The van der Waals surface area contributed by atoms with Crippen molar-refractivity contribution in [1.29, 1.82) is 0 Å². The number of hydrogen-bond acceptors (Lipinski definition) is 3. The number of benzene rings is 4. The maximum Gasteiger partial charge on any atom is 2.00 e. The molecule has 0 aliphatic rings. The van der Waals surface area contributed by atoms with Gasteiger partial charge in [-0.15, -0.1) is 35.7 Å². The summed E-state index contributed by atoms with van der Waals surface area (Å²) < 4.78 is 10.6. The molecule has 5 nitrogen and oxygen atoms in total. The summed E-state index contributed by atoms with van der Waals surface area (Å²) in [5.74, 6) is 3.40. The first-order valence-electron chi connectivity index (χ1n) is 19.0. The van der Waals surface area contributed by atoms with Gasteiger partial charge in [-0.1, -0.05) is 70.8 Å². The van der Waals surface area contributed by atoms with Gasteiger partial charge in [0.2, 0.25) is 0 Å². The van der Waals surface area contributed by atoms with E-state index in [4.69, 9.17) is 14.8 Å². The molecule has 0 fully saturated rings. The van der Waals surface area contributed by atoms with Crippen LogP contribution in [0.1, 0.15) is 81.7 Å². The predicted molar refractivity (Wildman–Crippen MR) is 215 cm³/mol. The van der Waals surface area contributed by atoms with Crippen LogP contribution in [0.15, 0.2) is 91.4 Å². The van der Waals surface area contributed by atoms with Crippen LogP contribution in [-0.4, -0.2) is 19.3 Å². The van der Waals surface area contributed by atoms with Gasteiger partial charge in [-0.25, -0.2) is 4.98 Å². The molecule has 53 heavy (non-hydrogen) atoms. The number of pyridine rings is 1. The van der Waals surface area contributed by atoms with Crippen molar-refractivity contribution < 1.29 is 25.8 Å². The van der Waals surface area contributed by atoms with Crippen molar-refractivity contribution in [1.82, 2.24) is 19.3 Å². The third-order valence-corrected chi connectivity index (χ3v) is 10.2. The van der Waals surface area contributed by atoms with Gasteiger partial charge in [0.15, 0.2) is 0 Å². The molecular weight excluding hydrogens is 832 g/mol. The summed E-state index contributed by atoms with van der Waals surface area (Å²) in [6.07, 6.45) is 12.6. The molecule has 3 heterocycles. The number of aromatic nitrogens is 4. The molecule has 0 bridgehead atoms. The van der Waals surface area contributed by atoms with Crippen LogP contribution in [-0.2, 0) is 40.3 Å². The molecule has 274 valence electrons. The summed E-state index contributed by atoms with van der Waals surface area (Å²) in [5, 5.41) is 7.16. The number of para-hydroxylation sites is 1. The summed E-state index contributed by atoms with van der Waals surface area (Å²) in [4.78, 5) is 4.79. The fourth-order valence-electron chi connectivity index (χ4n) is 7.46.